The number of benzene rings is 2. The Balaban J connectivity index is 1.91. The normalized spacial score (nSPS) is 13.9. The number of rotatable bonds is 7. The molecule has 0 saturated carbocycles. The SMILES string of the molecule is CC(CCN)C(O)CCc1ccc(-c2ccccc2)cc1. The molecule has 2 aromatic rings. The minimum Gasteiger partial charge on any atom is -0.393 e. The van der Waals surface area contributed by atoms with Crippen LogP contribution in [0.25, 0.3) is 11.1 Å². The first-order valence-corrected chi connectivity index (χ1v) is 7.73. The fourth-order valence-electron chi connectivity index (χ4n) is 2.55. The van der Waals surface area contributed by atoms with Crippen molar-refractivity contribution in [3.05, 3.63) is 60.2 Å². The van der Waals surface area contributed by atoms with Crippen LogP contribution in [-0.4, -0.2) is 17.8 Å². The second kappa shape index (κ2) is 7.96. The molecule has 0 amide bonds. The second-order valence-electron chi connectivity index (χ2n) is 5.72. The lowest BCUT2D eigenvalue weighted by Crippen LogP contribution is -2.21. The van der Waals surface area contributed by atoms with E-state index in [1.165, 1.54) is 16.7 Å². The number of aliphatic hydroxyl groups is 1. The highest BCUT2D eigenvalue weighted by Crippen LogP contribution is 2.20. The Bertz CT molecular complexity index is 521. The van der Waals surface area contributed by atoms with Gasteiger partial charge in [0.25, 0.3) is 0 Å². The molecule has 2 rings (SSSR count). The molecule has 0 radical (unpaired) electrons. The van der Waals surface area contributed by atoms with Gasteiger partial charge in [-0.1, -0.05) is 61.5 Å². The summed E-state index contributed by atoms with van der Waals surface area (Å²) >= 11 is 0. The van der Waals surface area contributed by atoms with Crippen molar-refractivity contribution in [2.45, 2.75) is 32.3 Å². The summed E-state index contributed by atoms with van der Waals surface area (Å²) in [6, 6.07) is 19.0. The van der Waals surface area contributed by atoms with E-state index in [1.54, 1.807) is 0 Å². The van der Waals surface area contributed by atoms with E-state index < -0.39 is 0 Å². The molecule has 2 atom stereocenters. The van der Waals surface area contributed by atoms with E-state index >= 15 is 0 Å². The van der Waals surface area contributed by atoms with Crippen molar-refractivity contribution in [2.24, 2.45) is 11.7 Å². The number of nitrogens with two attached hydrogens (primary N) is 1. The van der Waals surface area contributed by atoms with Gasteiger partial charge in [0, 0.05) is 0 Å². The lowest BCUT2D eigenvalue weighted by molar-refractivity contribution is 0.104. The summed E-state index contributed by atoms with van der Waals surface area (Å²) in [5, 5.41) is 10.1. The predicted molar refractivity (Wildman–Crippen MR) is 89.0 cm³/mol. The Labute approximate surface area is 127 Å². The van der Waals surface area contributed by atoms with Crippen LogP contribution in [0.4, 0.5) is 0 Å². The molecule has 0 bridgehead atoms. The van der Waals surface area contributed by atoms with Gasteiger partial charge in [-0.2, -0.15) is 0 Å². The molecular formula is C19H25NO. The van der Waals surface area contributed by atoms with Crippen molar-refractivity contribution in [3.63, 3.8) is 0 Å². The van der Waals surface area contributed by atoms with Crippen LogP contribution in [0.1, 0.15) is 25.3 Å². The average molecular weight is 283 g/mol. The van der Waals surface area contributed by atoms with E-state index in [-0.39, 0.29) is 12.0 Å². The van der Waals surface area contributed by atoms with E-state index in [4.69, 9.17) is 5.73 Å². The highest BCUT2D eigenvalue weighted by atomic mass is 16.3. The Morgan fingerprint density at radius 1 is 0.905 bits per heavy atom. The first-order valence-electron chi connectivity index (χ1n) is 7.73. The number of aryl methyl sites for hydroxylation is 1. The van der Waals surface area contributed by atoms with Crippen LogP contribution in [-0.2, 0) is 6.42 Å². The Morgan fingerprint density at radius 3 is 2.14 bits per heavy atom. The van der Waals surface area contributed by atoms with Crippen LogP contribution in [0.2, 0.25) is 0 Å². The smallest absolute Gasteiger partial charge is 0.0569 e. The Hall–Kier alpha value is -1.64. The van der Waals surface area contributed by atoms with Crippen LogP contribution in [0.5, 0.6) is 0 Å². The van der Waals surface area contributed by atoms with Crippen LogP contribution in [0.15, 0.2) is 54.6 Å². The molecule has 0 aliphatic carbocycles. The third-order valence-electron chi connectivity index (χ3n) is 4.07. The highest BCUT2D eigenvalue weighted by Gasteiger charge is 2.13. The van der Waals surface area contributed by atoms with Crippen molar-refractivity contribution >= 4 is 0 Å². The van der Waals surface area contributed by atoms with Crippen molar-refractivity contribution < 1.29 is 5.11 Å². The molecule has 0 aliphatic rings. The molecule has 0 heterocycles. The monoisotopic (exact) mass is 283 g/mol. The van der Waals surface area contributed by atoms with E-state index in [0.29, 0.717) is 6.54 Å². The van der Waals surface area contributed by atoms with Gasteiger partial charge in [-0.3, -0.25) is 0 Å². The van der Waals surface area contributed by atoms with Gasteiger partial charge in [0.15, 0.2) is 0 Å². The van der Waals surface area contributed by atoms with Crippen molar-refractivity contribution in [2.75, 3.05) is 6.54 Å². The van der Waals surface area contributed by atoms with Crippen molar-refractivity contribution in [1.82, 2.24) is 0 Å². The third-order valence-corrected chi connectivity index (χ3v) is 4.07. The molecule has 0 spiro atoms. The minimum absolute atomic E-state index is 0.262. The first kappa shape index (κ1) is 15.7. The van der Waals surface area contributed by atoms with Gasteiger partial charge in [-0.05, 0) is 48.4 Å². The Morgan fingerprint density at radius 2 is 1.52 bits per heavy atom. The molecule has 0 aromatic heterocycles. The summed E-state index contributed by atoms with van der Waals surface area (Å²) < 4.78 is 0. The Kier molecular flexibility index (Phi) is 5.97. The molecule has 2 nitrogen and oxygen atoms in total. The summed E-state index contributed by atoms with van der Waals surface area (Å²) in [5.41, 5.74) is 9.28. The van der Waals surface area contributed by atoms with Crippen molar-refractivity contribution in [3.8, 4) is 11.1 Å². The topological polar surface area (TPSA) is 46.2 Å². The van der Waals surface area contributed by atoms with E-state index in [2.05, 4.69) is 55.5 Å². The highest BCUT2D eigenvalue weighted by molar-refractivity contribution is 5.63. The number of hydrogen-bond acceptors (Lipinski definition) is 2. The van der Waals surface area contributed by atoms with E-state index in [1.807, 2.05) is 6.07 Å². The van der Waals surface area contributed by atoms with Gasteiger partial charge in [0.2, 0.25) is 0 Å². The molecule has 2 heteroatoms. The molecule has 0 aliphatic heterocycles. The van der Waals surface area contributed by atoms with Crippen LogP contribution in [0, 0.1) is 5.92 Å². The van der Waals surface area contributed by atoms with Gasteiger partial charge in [0.1, 0.15) is 0 Å². The summed E-state index contributed by atoms with van der Waals surface area (Å²) in [5.74, 6) is 0.276. The maximum Gasteiger partial charge on any atom is 0.0569 e. The molecule has 112 valence electrons. The summed E-state index contributed by atoms with van der Waals surface area (Å²) in [7, 11) is 0. The molecule has 2 unspecified atom stereocenters. The zero-order valence-corrected chi connectivity index (χ0v) is 12.7. The summed E-state index contributed by atoms with van der Waals surface area (Å²) in [6.45, 7) is 2.71. The fourth-order valence-corrected chi connectivity index (χ4v) is 2.55. The molecule has 21 heavy (non-hydrogen) atoms. The van der Waals surface area contributed by atoms with Crippen LogP contribution >= 0.6 is 0 Å². The number of aliphatic hydroxyl groups excluding tert-OH is 1. The first-order chi connectivity index (χ1) is 10.2. The number of hydrogen-bond donors (Lipinski definition) is 2. The largest absolute Gasteiger partial charge is 0.393 e. The summed E-state index contributed by atoms with van der Waals surface area (Å²) in [6.07, 6.45) is 2.33. The van der Waals surface area contributed by atoms with Gasteiger partial charge >= 0.3 is 0 Å². The van der Waals surface area contributed by atoms with Crippen LogP contribution in [0.3, 0.4) is 0 Å². The van der Waals surface area contributed by atoms with Gasteiger partial charge in [0.05, 0.1) is 6.10 Å². The van der Waals surface area contributed by atoms with Gasteiger partial charge < -0.3 is 10.8 Å². The second-order valence-corrected chi connectivity index (χ2v) is 5.72. The fraction of sp³-hybridized carbons (Fsp3) is 0.368. The van der Waals surface area contributed by atoms with Crippen molar-refractivity contribution in [1.29, 1.82) is 0 Å². The van der Waals surface area contributed by atoms with Gasteiger partial charge in [-0.15, -0.1) is 0 Å². The van der Waals surface area contributed by atoms with Crippen LogP contribution < -0.4 is 5.73 Å². The zero-order chi connectivity index (χ0) is 15.1. The molecule has 2 aromatic carbocycles. The van der Waals surface area contributed by atoms with E-state index in [9.17, 15) is 5.11 Å². The maximum atomic E-state index is 10.1. The van der Waals surface area contributed by atoms with Gasteiger partial charge in [-0.25, -0.2) is 0 Å². The molecule has 0 saturated heterocycles. The lowest BCUT2D eigenvalue weighted by Gasteiger charge is -2.18. The minimum atomic E-state index is -0.262. The molecular weight excluding hydrogens is 258 g/mol. The molecule has 0 fully saturated rings. The quantitative estimate of drug-likeness (QED) is 0.815. The zero-order valence-electron chi connectivity index (χ0n) is 12.7. The summed E-state index contributed by atoms with van der Waals surface area (Å²) in [4.78, 5) is 0. The maximum absolute atomic E-state index is 10.1. The third kappa shape index (κ3) is 4.69. The lowest BCUT2D eigenvalue weighted by atomic mass is 9.94. The van der Waals surface area contributed by atoms with E-state index in [0.717, 1.165) is 19.3 Å². The standard InChI is InChI=1S/C19H25NO/c1-15(13-14-20)19(21)12-9-16-7-10-18(11-8-16)17-5-3-2-4-6-17/h2-8,10-11,15,19,21H,9,12-14,20H2,1H3. The molecule has 3 N–H and O–H groups in total. The predicted octanol–water partition coefficient (Wildman–Crippen LogP) is 3.63. The average Bonchev–Trinajstić information content (AvgIpc) is 2.54.